The highest BCUT2D eigenvalue weighted by molar-refractivity contribution is 7.92. The van der Waals surface area contributed by atoms with E-state index in [2.05, 4.69) is 20.2 Å². The lowest BCUT2D eigenvalue weighted by atomic mass is 9.89. The topological polar surface area (TPSA) is 117 Å². The fourth-order valence-corrected chi connectivity index (χ4v) is 6.03. The van der Waals surface area contributed by atoms with Crippen LogP contribution in [0.5, 0.6) is 0 Å². The number of rotatable bonds is 7. The normalized spacial score (nSPS) is 14.3. The highest BCUT2D eigenvalue weighted by Gasteiger charge is 2.30. The number of carbonyl (C=O) groups excluding carboxylic acids is 1. The van der Waals surface area contributed by atoms with Crippen LogP contribution in [0.15, 0.2) is 76.6 Å². The largest absolute Gasteiger partial charge is 0.363 e. The Hall–Kier alpha value is -3.96. The van der Waals surface area contributed by atoms with Gasteiger partial charge < -0.3 is 14.7 Å². The fourth-order valence-electron chi connectivity index (χ4n) is 4.67. The summed E-state index contributed by atoms with van der Waals surface area (Å²) in [5, 5.41) is 6.98. The van der Waals surface area contributed by atoms with Crippen molar-refractivity contribution in [1.29, 1.82) is 0 Å². The van der Waals surface area contributed by atoms with E-state index in [1.54, 1.807) is 48.2 Å². The minimum atomic E-state index is -4.15. The molecule has 0 radical (unpaired) electrons. The molecule has 1 fully saturated rings. The zero-order chi connectivity index (χ0) is 27.6. The first-order chi connectivity index (χ1) is 18.7. The molecule has 0 spiro atoms. The number of pyridine rings is 1. The van der Waals surface area contributed by atoms with Crippen molar-refractivity contribution in [3.05, 3.63) is 94.6 Å². The van der Waals surface area contributed by atoms with Gasteiger partial charge in [-0.2, -0.15) is 8.42 Å². The van der Waals surface area contributed by atoms with Crippen LogP contribution in [0.4, 0.5) is 21.6 Å². The molecule has 2 aromatic heterocycles. The number of anilines is 3. The van der Waals surface area contributed by atoms with Crippen LogP contribution in [0.25, 0.3) is 0 Å². The predicted octanol–water partition coefficient (Wildman–Crippen LogP) is 5.73. The van der Waals surface area contributed by atoms with E-state index < -0.39 is 10.0 Å². The summed E-state index contributed by atoms with van der Waals surface area (Å²) in [6.07, 6.45) is 3.95. The number of sulfonamides is 1. The number of carbonyl (C=O) groups is 1. The molecule has 0 atom stereocenters. The first-order valence-corrected chi connectivity index (χ1v) is 14.1. The van der Waals surface area contributed by atoms with Crippen molar-refractivity contribution in [2.24, 2.45) is 0 Å². The summed E-state index contributed by atoms with van der Waals surface area (Å²) in [6, 6.07) is 14.7. The molecule has 3 heterocycles. The van der Waals surface area contributed by atoms with Gasteiger partial charge in [0.25, 0.3) is 15.9 Å². The van der Waals surface area contributed by atoms with Gasteiger partial charge in [-0.1, -0.05) is 35.0 Å². The van der Waals surface area contributed by atoms with Crippen LogP contribution >= 0.6 is 11.6 Å². The first-order valence-electron chi connectivity index (χ1n) is 12.2. The third kappa shape index (κ3) is 5.89. The van der Waals surface area contributed by atoms with Gasteiger partial charge in [-0.3, -0.25) is 9.52 Å². The van der Waals surface area contributed by atoms with E-state index in [1.165, 1.54) is 30.7 Å². The van der Waals surface area contributed by atoms with Gasteiger partial charge in [-0.25, -0.2) is 9.37 Å². The average molecular weight is 570 g/mol. The molecule has 39 heavy (non-hydrogen) atoms. The van der Waals surface area contributed by atoms with Crippen molar-refractivity contribution in [3.8, 4) is 0 Å². The highest BCUT2D eigenvalue weighted by atomic mass is 35.5. The number of aromatic nitrogens is 2. The molecule has 1 amide bonds. The Morgan fingerprint density at radius 3 is 2.54 bits per heavy atom. The molecule has 0 bridgehead atoms. The van der Waals surface area contributed by atoms with Gasteiger partial charge in [0.1, 0.15) is 12.1 Å². The zero-order valence-electron chi connectivity index (χ0n) is 20.9. The van der Waals surface area contributed by atoms with Gasteiger partial charge in [0, 0.05) is 41.6 Å². The monoisotopic (exact) mass is 569 g/mol. The molecule has 5 rings (SSSR count). The predicted molar refractivity (Wildman–Crippen MR) is 145 cm³/mol. The van der Waals surface area contributed by atoms with E-state index in [4.69, 9.17) is 16.1 Å². The number of hydrogen-bond donors (Lipinski definition) is 2. The molecule has 1 aliphatic rings. The quantitative estimate of drug-likeness (QED) is 0.291. The van der Waals surface area contributed by atoms with Crippen LogP contribution in [0.2, 0.25) is 5.02 Å². The summed E-state index contributed by atoms with van der Waals surface area (Å²) < 4.78 is 46.6. The Balaban J connectivity index is 1.45. The Kier molecular flexibility index (Phi) is 7.53. The standard InChI is InChI=1S/C27H25ClFN5O4S/c1-17-25(31-22-4-2-3-20(28)15-22)23(16-30-26(17)39(36,37)33-24-11-14-38-32-24)27(35)34-12-9-19(10-13-34)18-5-7-21(29)8-6-18/h2-8,11,14-16,19H,9-10,12-13H2,1H3,(H,30,31)(H,32,33). The Morgan fingerprint density at radius 1 is 1.13 bits per heavy atom. The second kappa shape index (κ2) is 11.0. The zero-order valence-corrected chi connectivity index (χ0v) is 22.5. The molecule has 2 aromatic carbocycles. The summed E-state index contributed by atoms with van der Waals surface area (Å²) in [5.74, 6) is -0.338. The van der Waals surface area contributed by atoms with E-state index in [1.807, 2.05) is 0 Å². The Labute approximate surface area is 230 Å². The number of piperidine rings is 1. The van der Waals surface area contributed by atoms with E-state index in [0.717, 1.165) is 18.4 Å². The van der Waals surface area contributed by atoms with Crippen molar-refractivity contribution in [2.75, 3.05) is 23.1 Å². The average Bonchev–Trinajstić information content (AvgIpc) is 3.42. The summed E-state index contributed by atoms with van der Waals surface area (Å²) in [5.41, 5.74) is 2.40. The third-order valence-corrected chi connectivity index (χ3v) is 8.29. The lowest BCUT2D eigenvalue weighted by molar-refractivity contribution is 0.0713. The van der Waals surface area contributed by atoms with Gasteiger partial charge in [-0.15, -0.1) is 0 Å². The van der Waals surface area contributed by atoms with E-state index in [0.29, 0.717) is 29.5 Å². The van der Waals surface area contributed by atoms with Crippen LogP contribution in [0.1, 0.15) is 40.2 Å². The first kappa shape index (κ1) is 26.6. The SMILES string of the molecule is Cc1c(S(=O)(=O)Nc2ccon2)ncc(C(=O)N2CCC(c3ccc(F)cc3)CC2)c1Nc1cccc(Cl)c1. The molecule has 202 valence electrons. The molecular formula is C27H25ClFN5O4S. The summed E-state index contributed by atoms with van der Waals surface area (Å²) in [7, 11) is -4.15. The van der Waals surface area contributed by atoms with Crippen molar-refractivity contribution >= 4 is 44.7 Å². The molecule has 0 unspecified atom stereocenters. The van der Waals surface area contributed by atoms with Crippen LogP contribution in [0, 0.1) is 12.7 Å². The van der Waals surface area contributed by atoms with E-state index in [-0.39, 0.29) is 39.6 Å². The molecular weight excluding hydrogens is 545 g/mol. The van der Waals surface area contributed by atoms with E-state index in [9.17, 15) is 17.6 Å². The van der Waals surface area contributed by atoms with Gasteiger partial charge in [-0.05, 0) is 61.6 Å². The smallest absolute Gasteiger partial charge is 0.280 e. The number of nitrogens with zero attached hydrogens (tertiary/aromatic N) is 3. The van der Waals surface area contributed by atoms with Crippen molar-refractivity contribution < 1.29 is 22.1 Å². The molecule has 1 saturated heterocycles. The number of halogens is 2. The summed E-state index contributed by atoms with van der Waals surface area (Å²) in [4.78, 5) is 19.6. The molecule has 0 saturated carbocycles. The molecule has 0 aliphatic carbocycles. The summed E-state index contributed by atoms with van der Waals surface area (Å²) >= 11 is 6.16. The Morgan fingerprint density at radius 2 is 1.87 bits per heavy atom. The molecule has 12 heteroatoms. The number of amides is 1. The third-order valence-electron chi connectivity index (χ3n) is 6.66. The van der Waals surface area contributed by atoms with Gasteiger partial charge >= 0.3 is 0 Å². The maximum absolute atomic E-state index is 13.7. The Bertz CT molecular complexity index is 1590. The van der Waals surface area contributed by atoms with Crippen molar-refractivity contribution in [2.45, 2.75) is 30.7 Å². The summed E-state index contributed by atoms with van der Waals surface area (Å²) in [6.45, 7) is 2.56. The minimum absolute atomic E-state index is 0.00438. The van der Waals surface area contributed by atoms with Crippen molar-refractivity contribution in [1.82, 2.24) is 15.0 Å². The fraction of sp³-hybridized carbons (Fsp3) is 0.222. The highest BCUT2D eigenvalue weighted by Crippen LogP contribution is 2.33. The molecule has 2 N–H and O–H groups in total. The molecule has 1 aliphatic heterocycles. The lowest BCUT2D eigenvalue weighted by Gasteiger charge is -2.33. The number of hydrogen-bond acceptors (Lipinski definition) is 7. The van der Waals surface area contributed by atoms with Crippen LogP contribution in [0.3, 0.4) is 0 Å². The second-order valence-electron chi connectivity index (χ2n) is 9.22. The van der Waals surface area contributed by atoms with E-state index >= 15 is 0 Å². The van der Waals surface area contributed by atoms with Gasteiger partial charge in [0.05, 0.1) is 11.3 Å². The number of likely N-dealkylation sites (tertiary alicyclic amines) is 1. The minimum Gasteiger partial charge on any atom is -0.363 e. The van der Waals surface area contributed by atoms with Gasteiger partial charge in [0.15, 0.2) is 10.8 Å². The lowest BCUT2D eigenvalue weighted by Crippen LogP contribution is -2.38. The van der Waals surface area contributed by atoms with Gasteiger partial charge in [0.2, 0.25) is 0 Å². The number of nitrogens with one attached hydrogen (secondary N) is 2. The molecule has 9 nitrogen and oxygen atoms in total. The van der Waals surface area contributed by atoms with Crippen LogP contribution < -0.4 is 10.0 Å². The maximum Gasteiger partial charge on any atom is 0.280 e. The van der Waals surface area contributed by atoms with Crippen LogP contribution in [-0.4, -0.2) is 42.5 Å². The second-order valence-corrected chi connectivity index (χ2v) is 11.3. The van der Waals surface area contributed by atoms with Crippen LogP contribution in [-0.2, 0) is 10.0 Å². The molecule has 4 aromatic rings. The number of benzene rings is 2. The maximum atomic E-state index is 13.7. The van der Waals surface area contributed by atoms with Crippen molar-refractivity contribution in [3.63, 3.8) is 0 Å².